The number of unbranched alkanes of at least 4 members (excludes halogenated alkanes) is 18. The number of hydrogen-bond donors (Lipinski definition) is 0. The molecule has 0 saturated heterocycles. The second kappa shape index (κ2) is 20.6. The summed E-state index contributed by atoms with van der Waals surface area (Å²) >= 11 is 0. The molecule has 0 fully saturated rings. The highest BCUT2D eigenvalue weighted by Gasteiger charge is 2.09. The van der Waals surface area contributed by atoms with Gasteiger partial charge in [0.2, 0.25) is 0 Å². The van der Waals surface area contributed by atoms with E-state index in [1.54, 1.807) is 0 Å². The fraction of sp³-hybridized carbons (Fsp3) is 1.00. The quantitative estimate of drug-likeness (QED) is 0.104. The Morgan fingerprint density at radius 3 is 0.889 bits per heavy atom. The van der Waals surface area contributed by atoms with Crippen molar-refractivity contribution >= 4 is 0 Å². The molecule has 0 aromatic rings. The molecule has 0 aliphatic carbocycles. The zero-order valence-electron chi connectivity index (χ0n) is 19.4. The molecule has 0 saturated carbocycles. The maximum Gasteiger partial charge on any atom is 0.0781 e. The highest BCUT2D eigenvalue weighted by molar-refractivity contribution is 4.50. The molecule has 0 aliphatic rings. The van der Waals surface area contributed by atoms with Crippen LogP contribution in [0, 0.1) is 5.21 Å². The van der Waals surface area contributed by atoms with Gasteiger partial charge in [0.1, 0.15) is 0 Å². The van der Waals surface area contributed by atoms with Gasteiger partial charge in [0, 0.05) is 0 Å². The average molecular weight is 384 g/mol. The Morgan fingerprint density at radius 2 is 0.630 bits per heavy atom. The van der Waals surface area contributed by atoms with Gasteiger partial charge < -0.3 is 9.85 Å². The van der Waals surface area contributed by atoms with E-state index in [4.69, 9.17) is 0 Å². The Labute approximate surface area is 172 Å². The summed E-state index contributed by atoms with van der Waals surface area (Å²) in [5.74, 6) is 0. The Balaban J connectivity index is 3.31. The van der Waals surface area contributed by atoms with Gasteiger partial charge in [-0.3, -0.25) is 0 Å². The minimum atomic E-state index is -0.00592. The summed E-state index contributed by atoms with van der Waals surface area (Å²) in [6, 6.07) is 0. The number of rotatable bonds is 22. The molecule has 2 nitrogen and oxygen atoms in total. The summed E-state index contributed by atoms with van der Waals surface area (Å²) in [7, 11) is 1.89. The molecule has 164 valence electrons. The minimum absolute atomic E-state index is 0.00592. The largest absolute Gasteiger partial charge is 0.633 e. The summed E-state index contributed by atoms with van der Waals surface area (Å²) in [5, 5.41) is 12.5. The van der Waals surface area contributed by atoms with Crippen LogP contribution in [0.15, 0.2) is 0 Å². The van der Waals surface area contributed by atoms with Gasteiger partial charge in [0.25, 0.3) is 0 Å². The summed E-state index contributed by atoms with van der Waals surface area (Å²) in [4.78, 5) is 0. The van der Waals surface area contributed by atoms with Crippen molar-refractivity contribution in [3.05, 3.63) is 5.21 Å². The highest BCUT2D eigenvalue weighted by atomic mass is 16.5. The molecule has 0 unspecified atom stereocenters. The standard InChI is InChI=1S/C25H53NO/c1-4-6-8-10-12-14-16-18-20-22-24-26(3,27)25-23-21-19-17-15-13-11-9-7-5-2/h4-25H2,1-3H3. The molecule has 0 aromatic carbocycles. The molecule has 2 heteroatoms. The van der Waals surface area contributed by atoms with Crippen LogP contribution in [0.1, 0.15) is 142 Å². The van der Waals surface area contributed by atoms with Crippen LogP contribution >= 0.6 is 0 Å². The third-order valence-electron chi connectivity index (χ3n) is 5.97. The van der Waals surface area contributed by atoms with Crippen molar-refractivity contribution in [1.82, 2.24) is 0 Å². The number of nitrogens with zero attached hydrogens (tertiary/aromatic N) is 1. The topological polar surface area (TPSA) is 23.1 Å². The number of hydrogen-bond acceptors (Lipinski definition) is 1. The first-order valence-corrected chi connectivity index (χ1v) is 12.7. The molecule has 0 aliphatic heterocycles. The van der Waals surface area contributed by atoms with Crippen molar-refractivity contribution in [2.24, 2.45) is 0 Å². The Kier molecular flexibility index (Phi) is 20.6. The highest BCUT2D eigenvalue weighted by Crippen LogP contribution is 2.14. The maximum absolute atomic E-state index is 12.5. The lowest BCUT2D eigenvalue weighted by atomic mass is 10.1. The van der Waals surface area contributed by atoms with Gasteiger partial charge in [-0.15, -0.1) is 0 Å². The maximum atomic E-state index is 12.5. The molecule has 0 atom stereocenters. The van der Waals surface area contributed by atoms with Gasteiger partial charge >= 0.3 is 0 Å². The Morgan fingerprint density at radius 1 is 0.407 bits per heavy atom. The van der Waals surface area contributed by atoms with Crippen molar-refractivity contribution in [3.8, 4) is 0 Å². The summed E-state index contributed by atoms with van der Waals surface area (Å²) in [6.45, 7) is 6.21. The van der Waals surface area contributed by atoms with Gasteiger partial charge in [0.05, 0.1) is 20.1 Å². The predicted molar refractivity (Wildman–Crippen MR) is 123 cm³/mol. The lowest BCUT2D eigenvalue weighted by molar-refractivity contribution is -0.861. The molecule has 0 N–H and O–H groups in total. The van der Waals surface area contributed by atoms with Crippen LogP contribution in [0.3, 0.4) is 0 Å². The first-order chi connectivity index (χ1) is 13.1. The lowest BCUT2D eigenvalue weighted by Gasteiger charge is -2.39. The van der Waals surface area contributed by atoms with E-state index in [1.165, 1.54) is 116 Å². The van der Waals surface area contributed by atoms with Crippen LogP contribution in [0.25, 0.3) is 0 Å². The minimum Gasteiger partial charge on any atom is -0.633 e. The zero-order valence-corrected chi connectivity index (χ0v) is 19.4. The molecular weight excluding hydrogens is 330 g/mol. The van der Waals surface area contributed by atoms with Crippen molar-refractivity contribution in [1.29, 1.82) is 0 Å². The third-order valence-corrected chi connectivity index (χ3v) is 5.97. The molecule has 0 amide bonds. The molecule has 0 radical (unpaired) electrons. The summed E-state index contributed by atoms with van der Waals surface area (Å²) in [6.07, 6.45) is 26.9. The van der Waals surface area contributed by atoms with E-state index < -0.39 is 0 Å². The van der Waals surface area contributed by atoms with Gasteiger partial charge in [-0.1, -0.05) is 117 Å². The second-order valence-corrected chi connectivity index (χ2v) is 9.11. The molecule has 0 heterocycles. The van der Waals surface area contributed by atoms with Crippen LogP contribution in [0.4, 0.5) is 0 Å². The predicted octanol–water partition coefficient (Wildman–Crippen LogP) is 8.77. The molecule has 0 bridgehead atoms. The molecular formula is C25H53NO. The summed E-state index contributed by atoms with van der Waals surface area (Å²) < 4.78 is -0.00592. The van der Waals surface area contributed by atoms with Crippen molar-refractivity contribution in [3.63, 3.8) is 0 Å². The van der Waals surface area contributed by atoms with E-state index in [0.29, 0.717) is 0 Å². The second-order valence-electron chi connectivity index (χ2n) is 9.11. The average Bonchev–Trinajstić information content (AvgIpc) is 2.64. The van der Waals surface area contributed by atoms with Crippen molar-refractivity contribution in [2.45, 2.75) is 142 Å². The van der Waals surface area contributed by atoms with Crippen molar-refractivity contribution < 1.29 is 4.65 Å². The van der Waals surface area contributed by atoms with Gasteiger partial charge in [0.15, 0.2) is 0 Å². The number of quaternary nitrogens is 1. The monoisotopic (exact) mass is 383 g/mol. The smallest absolute Gasteiger partial charge is 0.0781 e. The van der Waals surface area contributed by atoms with Crippen LogP contribution in [0.5, 0.6) is 0 Å². The lowest BCUT2D eigenvalue weighted by Crippen LogP contribution is -2.39. The SMILES string of the molecule is CCCCCCCCCCCC[N+](C)([O-])CCCCCCCCCCCC. The van der Waals surface area contributed by atoms with Gasteiger partial charge in [-0.2, -0.15) is 0 Å². The zero-order chi connectivity index (χ0) is 20.1. The number of hydroxylamine groups is 3. The van der Waals surface area contributed by atoms with E-state index >= 15 is 0 Å². The van der Waals surface area contributed by atoms with E-state index in [1.807, 2.05) is 7.05 Å². The molecule has 0 aromatic heterocycles. The molecule has 27 heavy (non-hydrogen) atoms. The van der Waals surface area contributed by atoms with E-state index in [2.05, 4.69) is 13.8 Å². The normalized spacial score (nSPS) is 12.0. The first kappa shape index (κ1) is 26.9. The van der Waals surface area contributed by atoms with Crippen LogP contribution < -0.4 is 0 Å². The van der Waals surface area contributed by atoms with Crippen LogP contribution in [-0.2, 0) is 0 Å². The van der Waals surface area contributed by atoms with E-state index in [9.17, 15) is 5.21 Å². The first-order valence-electron chi connectivity index (χ1n) is 12.7. The van der Waals surface area contributed by atoms with Gasteiger partial charge in [-0.25, -0.2) is 0 Å². The van der Waals surface area contributed by atoms with Crippen LogP contribution in [0.2, 0.25) is 0 Å². The summed E-state index contributed by atoms with van der Waals surface area (Å²) in [5.41, 5.74) is 0. The molecule has 0 rings (SSSR count). The third kappa shape index (κ3) is 22.1. The van der Waals surface area contributed by atoms with E-state index in [-0.39, 0.29) is 4.65 Å². The fourth-order valence-electron chi connectivity index (χ4n) is 3.98. The van der Waals surface area contributed by atoms with Gasteiger partial charge in [-0.05, 0) is 25.7 Å². The molecule has 0 spiro atoms. The fourth-order valence-corrected chi connectivity index (χ4v) is 3.98. The van der Waals surface area contributed by atoms with E-state index in [0.717, 1.165) is 25.9 Å². The van der Waals surface area contributed by atoms with Crippen LogP contribution in [-0.4, -0.2) is 24.8 Å². The Hall–Kier alpha value is -0.0800. The van der Waals surface area contributed by atoms with Crippen molar-refractivity contribution in [2.75, 3.05) is 20.1 Å². The Bertz CT molecular complexity index is 251.